The number of carboxylic acids is 1. The summed E-state index contributed by atoms with van der Waals surface area (Å²) < 4.78 is 4.93. The Morgan fingerprint density at radius 1 is 1.39 bits per heavy atom. The molecule has 5 heteroatoms. The van der Waals surface area contributed by atoms with Crippen molar-refractivity contribution in [2.24, 2.45) is 0 Å². The maximum atomic E-state index is 11.7. The van der Waals surface area contributed by atoms with Gasteiger partial charge in [0.15, 0.2) is 0 Å². The number of benzene rings is 1. The number of carboxylic acid groups (broad SMARTS) is 1. The average molecular weight is 249 g/mol. The van der Waals surface area contributed by atoms with Gasteiger partial charge in [-0.2, -0.15) is 0 Å². The van der Waals surface area contributed by atoms with Gasteiger partial charge < -0.3 is 9.84 Å². The quantitative estimate of drug-likeness (QED) is 0.814. The van der Waals surface area contributed by atoms with Crippen LogP contribution >= 0.6 is 0 Å². The molecule has 0 aliphatic rings. The molecule has 1 aromatic rings. The normalized spacial score (nSPS) is 9.61. The Hall–Kier alpha value is -2.30. The van der Waals surface area contributed by atoms with Crippen molar-refractivity contribution in [2.45, 2.75) is 6.92 Å². The van der Waals surface area contributed by atoms with Crippen LogP contribution in [0.15, 0.2) is 36.9 Å². The largest absolute Gasteiger partial charge is 0.478 e. The average Bonchev–Trinajstić information content (AvgIpc) is 2.37. The van der Waals surface area contributed by atoms with E-state index in [4.69, 9.17) is 9.84 Å². The van der Waals surface area contributed by atoms with Crippen LogP contribution in [-0.4, -0.2) is 30.3 Å². The fourth-order valence-electron chi connectivity index (χ4n) is 1.41. The Balaban J connectivity index is 2.84. The summed E-state index contributed by atoms with van der Waals surface area (Å²) in [5.74, 6) is -1.00. The van der Waals surface area contributed by atoms with Crippen LogP contribution in [0.5, 0.6) is 0 Å². The Kier molecular flexibility index (Phi) is 4.92. The number of carbonyl (C=O) groups excluding carboxylic acids is 1. The van der Waals surface area contributed by atoms with Crippen LogP contribution in [0, 0.1) is 0 Å². The third-order valence-corrected chi connectivity index (χ3v) is 2.29. The Morgan fingerprint density at radius 2 is 2.00 bits per heavy atom. The number of ether oxygens (including phenoxy) is 1. The highest BCUT2D eigenvalue weighted by molar-refractivity contribution is 5.90. The minimum atomic E-state index is -1.00. The van der Waals surface area contributed by atoms with Gasteiger partial charge in [-0.15, -0.1) is 0 Å². The van der Waals surface area contributed by atoms with Gasteiger partial charge in [-0.25, -0.2) is 9.59 Å². The van der Waals surface area contributed by atoms with Gasteiger partial charge in [-0.05, 0) is 31.2 Å². The lowest BCUT2D eigenvalue weighted by atomic mass is 10.2. The van der Waals surface area contributed by atoms with Crippen LogP contribution in [0.3, 0.4) is 0 Å². The first kappa shape index (κ1) is 13.8. The smallest absolute Gasteiger partial charge is 0.414 e. The molecular formula is C13H15NO4. The topological polar surface area (TPSA) is 66.8 Å². The zero-order valence-corrected chi connectivity index (χ0v) is 10.1. The van der Waals surface area contributed by atoms with Crippen molar-refractivity contribution in [3.8, 4) is 0 Å². The molecule has 1 N–H and O–H groups in total. The minimum Gasteiger partial charge on any atom is -0.478 e. The highest BCUT2D eigenvalue weighted by Crippen LogP contribution is 2.16. The van der Waals surface area contributed by atoms with Crippen LogP contribution in [0.4, 0.5) is 10.5 Å². The summed E-state index contributed by atoms with van der Waals surface area (Å²) in [6, 6.07) is 6.03. The van der Waals surface area contributed by atoms with Crippen molar-refractivity contribution in [1.82, 2.24) is 0 Å². The standard InChI is InChI=1S/C13H15NO4/c1-3-9-18-13(17)14(4-2)11-7-5-10(6-8-11)12(15)16/h3,5-8H,1,4,9H2,2H3,(H,15,16). The second-order valence-corrected chi connectivity index (χ2v) is 3.46. The van der Waals surface area contributed by atoms with E-state index in [0.29, 0.717) is 12.2 Å². The van der Waals surface area contributed by atoms with Crippen LogP contribution in [0.2, 0.25) is 0 Å². The van der Waals surface area contributed by atoms with Gasteiger partial charge in [-0.1, -0.05) is 12.7 Å². The summed E-state index contributed by atoms with van der Waals surface area (Å²) in [4.78, 5) is 23.8. The third-order valence-electron chi connectivity index (χ3n) is 2.29. The maximum absolute atomic E-state index is 11.7. The molecule has 0 bridgehead atoms. The van der Waals surface area contributed by atoms with Crippen molar-refractivity contribution in [3.05, 3.63) is 42.5 Å². The SMILES string of the molecule is C=CCOC(=O)N(CC)c1ccc(C(=O)O)cc1. The van der Waals surface area contributed by atoms with Crippen LogP contribution in [-0.2, 0) is 4.74 Å². The first-order chi connectivity index (χ1) is 8.60. The van der Waals surface area contributed by atoms with Crippen molar-refractivity contribution in [2.75, 3.05) is 18.1 Å². The molecule has 5 nitrogen and oxygen atoms in total. The summed E-state index contributed by atoms with van der Waals surface area (Å²) in [6.07, 6.45) is 1.000. The lowest BCUT2D eigenvalue weighted by molar-refractivity contribution is 0.0697. The van der Waals surface area contributed by atoms with Gasteiger partial charge in [0.25, 0.3) is 0 Å². The molecule has 0 saturated heterocycles. The Bertz CT molecular complexity index is 439. The number of carbonyl (C=O) groups is 2. The van der Waals surface area contributed by atoms with Gasteiger partial charge in [0.2, 0.25) is 0 Å². The van der Waals surface area contributed by atoms with Crippen LogP contribution in [0.1, 0.15) is 17.3 Å². The van der Waals surface area contributed by atoms with Crippen molar-refractivity contribution >= 4 is 17.7 Å². The van der Waals surface area contributed by atoms with E-state index >= 15 is 0 Å². The number of aromatic carboxylic acids is 1. The summed E-state index contributed by atoms with van der Waals surface area (Å²) in [7, 11) is 0. The van der Waals surface area contributed by atoms with Crippen LogP contribution in [0.25, 0.3) is 0 Å². The molecule has 0 radical (unpaired) electrons. The second kappa shape index (κ2) is 6.44. The summed E-state index contributed by atoms with van der Waals surface area (Å²) in [5.41, 5.74) is 0.769. The van der Waals surface area contributed by atoms with Gasteiger partial charge in [0.05, 0.1) is 5.56 Å². The molecule has 0 aliphatic carbocycles. The fourth-order valence-corrected chi connectivity index (χ4v) is 1.41. The monoisotopic (exact) mass is 249 g/mol. The van der Waals surface area contributed by atoms with E-state index in [9.17, 15) is 9.59 Å². The van der Waals surface area contributed by atoms with Crippen molar-refractivity contribution in [3.63, 3.8) is 0 Å². The molecule has 1 amide bonds. The van der Waals surface area contributed by atoms with E-state index in [-0.39, 0.29) is 12.2 Å². The number of hydrogen-bond acceptors (Lipinski definition) is 3. The molecule has 18 heavy (non-hydrogen) atoms. The molecule has 1 aromatic carbocycles. The zero-order valence-electron chi connectivity index (χ0n) is 10.1. The van der Waals surface area contributed by atoms with E-state index < -0.39 is 12.1 Å². The molecule has 96 valence electrons. The number of amides is 1. The highest BCUT2D eigenvalue weighted by atomic mass is 16.6. The van der Waals surface area contributed by atoms with E-state index in [0.717, 1.165) is 0 Å². The first-order valence-electron chi connectivity index (χ1n) is 5.48. The summed E-state index contributed by atoms with van der Waals surface area (Å²) >= 11 is 0. The second-order valence-electron chi connectivity index (χ2n) is 3.46. The lowest BCUT2D eigenvalue weighted by Crippen LogP contribution is -2.31. The molecule has 0 aromatic heterocycles. The van der Waals surface area contributed by atoms with Gasteiger partial charge >= 0.3 is 12.1 Å². The molecule has 0 atom stereocenters. The number of anilines is 1. The Morgan fingerprint density at radius 3 is 2.44 bits per heavy atom. The lowest BCUT2D eigenvalue weighted by Gasteiger charge is -2.20. The molecule has 0 saturated carbocycles. The van der Waals surface area contributed by atoms with E-state index in [2.05, 4.69) is 6.58 Å². The van der Waals surface area contributed by atoms with Gasteiger partial charge in [0.1, 0.15) is 6.61 Å². The van der Waals surface area contributed by atoms with Crippen LogP contribution < -0.4 is 4.90 Å². The number of rotatable bonds is 5. The summed E-state index contributed by atoms with van der Waals surface area (Å²) in [6.45, 7) is 5.84. The van der Waals surface area contributed by atoms with E-state index in [1.807, 2.05) is 0 Å². The first-order valence-corrected chi connectivity index (χ1v) is 5.48. The van der Waals surface area contributed by atoms with Gasteiger partial charge in [0, 0.05) is 12.2 Å². The predicted molar refractivity (Wildman–Crippen MR) is 68.0 cm³/mol. The summed E-state index contributed by atoms with van der Waals surface area (Å²) in [5, 5.41) is 8.78. The molecule has 0 fully saturated rings. The molecular weight excluding hydrogens is 234 g/mol. The maximum Gasteiger partial charge on any atom is 0.414 e. The molecule has 0 spiro atoms. The van der Waals surface area contributed by atoms with Crippen molar-refractivity contribution in [1.29, 1.82) is 0 Å². The molecule has 1 rings (SSSR count). The third kappa shape index (κ3) is 3.35. The molecule has 0 aliphatic heterocycles. The highest BCUT2D eigenvalue weighted by Gasteiger charge is 2.15. The van der Waals surface area contributed by atoms with Crippen molar-refractivity contribution < 1.29 is 19.4 Å². The molecule has 0 heterocycles. The minimum absolute atomic E-state index is 0.141. The number of nitrogens with zero attached hydrogens (tertiary/aromatic N) is 1. The van der Waals surface area contributed by atoms with E-state index in [1.165, 1.54) is 23.1 Å². The predicted octanol–water partition coefficient (Wildman–Crippen LogP) is 2.53. The zero-order chi connectivity index (χ0) is 13.5. The number of hydrogen-bond donors (Lipinski definition) is 1. The van der Waals surface area contributed by atoms with Gasteiger partial charge in [-0.3, -0.25) is 4.90 Å². The Labute approximate surface area is 105 Å². The molecule has 0 unspecified atom stereocenters. The van der Waals surface area contributed by atoms with E-state index in [1.54, 1.807) is 19.1 Å². The fraction of sp³-hybridized carbons (Fsp3) is 0.231.